The Labute approximate surface area is 166 Å². The summed E-state index contributed by atoms with van der Waals surface area (Å²) in [4.78, 5) is 16.0. The lowest BCUT2D eigenvalue weighted by Crippen LogP contribution is -2.40. The average molecular weight is 419 g/mol. The summed E-state index contributed by atoms with van der Waals surface area (Å²) in [7, 11) is 1.31. The lowest BCUT2D eigenvalue weighted by molar-refractivity contribution is -0.204. The molecular formula is C19H25F4N3O3. The van der Waals surface area contributed by atoms with Crippen LogP contribution in [0.2, 0.25) is 0 Å². The average Bonchev–Trinajstić information content (AvgIpc) is 3.22. The Morgan fingerprint density at radius 3 is 2.66 bits per heavy atom. The van der Waals surface area contributed by atoms with Crippen molar-refractivity contribution >= 4 is 5.91 Å². The monoisotopic (exact) mass is 419 g/mol. The van der Waals surface area contributed by atoms with Gasteiger partial charge in [0, 0.05) is 12.1 Å². The number of methoxy groups -OCH3 is 1. The van der Waals surface area contributed by atoms with Crippen LogP contribution in [0.3, 0.4) is 0 Å². The minimum absolute atomic E-state index is 0.000416. The highest BCUT2D eigenvalue weighted by Gasteiger charge is 2.47. The van der Waals surface area contributed by atoms with Crippen molar-refractivity contribution in [1.29, 1.82) is 0 Å². The van der Waals surface area contributed by atoms with Crippen LogP contribution in [0.5, 0.6) is 11.8 Å². The standard InChI is InChI=1S/C19H25F4N3O3/c1-28-17-11(10-25-16(27)14-6-4-8-24-14)9-13(20)18(26-17)29-15-7-3-2-5-12(15)19(21,22)23/h9,12,14-15,24H,2-8,10H2,1H3,(H,25,27). The first-order valence-corrected chi connectivity index (χ1v) is 9.77. The molecule has 1 aromatic rings. The highest BCUT2D eigenvalue weighted by atomic mass is 19.4. The smallest absolute Gasteiger partial charge is 0.395 e. The van der Waals surface area contributed by atoms with E-state index in [0.29, 0.717) is 12.8 Å². The number of nitrogens with one attached hydrogen (secondary N) is 2. The normalized spacial score (nSPS) is 24.9. The van der Waals surface area contributed by atoms with E-state index >= 15 is 0 Å². The first-order valence-electron chi connectivity index (χ1n) is 9.77. The molecule has 0 radical (unpaired) electrons. The molecule has 1 saturated heterocycles. The fraction of sp³-hybridized carbons (Fsp3) is 0.684. The zero-order chi connectivity index (χ0) is 21.0. The van der Waals surface area contributed by atoms with Gasteiger partial charge in [-0.15, -0.1) is 0 Å². The Hall–Kier alpha value is -2.10. The molecular weight excluding hydrogens is 394 g/mol. The summed E-state index contributed by atoms with van der Waals surface area (Å²) in [5.74, 6) is -3.27. The van der Waals surface area contributed by atoms with Crippen molar-refractivity contribution in [3.63, 3.8) is 0 Å². The molecule has 0 bridgehead atoms. The van der Waals surface area contributed by atoms with E-state index in [-0.39, 0.29) is 42.8 Å². The zero-order valence-corrected chi connectivity index (χ0v) is 16.2. The first-order chi connectivity index (χ1) is 13.8. The summed E-state index contributed by atoms with van der Waals surface area (Å²) in [6.45, 7) is 0.753. The van der Waals surface area contributed by atoms with Gasteiger partial charge >= 0.3 is 6.18 Å². The molecule has 0 aromatic carbocycles. The lowest BCUT2D eigenvalue weighted by atomic mass is 9.86. The Kier molecular flexibility index (Phi) is 6.81. The third-order valence-corrected chi connectivity index (χ3v) is 5.39. The van der Waals surface area contributed by atoms with Crippen LogP contribution in [0.15, 0.2) is 6.07 Å². The van der Waals surface area contributed by atoms with E-state index in [2.05, 4.69) is 15.6 Å². The van der Waals surface area contributed by atoms with Crippen LogP contribution in [0.4, 0.5) is 17.6 Å². The number of alkyl halides is 3. The molecule has 3 rings (SSSR count). The van der Waals surface area contributed by atoms with Crippen LogP contribution in [0.25, 0.3) is 0 Å². The highest BCUT2D eigenvalue weighted by molar-refractivity contribution is 5.82. The number of aromatic nitrogens is 1. The van der Waals surface area contributed by atoms with E-state index in [1.54, 1.807) is 0 Å². The van der Waals surface area contributed by atoms with Gasteiger partial charge in [0.1, 0.15) is 6.10 Å². The second kappa shape index (κ2) is 9.15. The molecule has 0 spiro atoms. The Morgan fingerprint density at radius 1 is 1.24 bits per heavy atom. The third kappa shape index (κ3) is 5.29. The molecule has 2 aliphatic rings. The summed E-state index contributed by atoms with van der Waals surface area (Å²) < 4.78 is 64.7. The summed E-state index contributed by atoms with van der Waals surface area (Å²) in [5, 5.41) is 5.75. The molecule has 1 amide bonds. The number of hydrogen-bond acceptors (Lipinski definition) is 5. The Balaban J connectivity index is 1.71. The van der Waals surface area contributed by atoms with Crippen LogP contribution in [-0.4, -0.2) is 42.9 Å². The van der Waals surface area contributed by atoms with Crippen LogP contribution < -0.4 is 20.1 Å². The van der Waals surface area contributed by atoms with Gasteiger partial charge in [0.25, 0.3) is 5.88 Å². The van der Waals surface area contributed by atoms with E-state index in [4.69, 9.17) is 9.47 Å². The zero-order valence-electron chi connectivity index (χ0n) is 16.2. The molecule has 3 unspecified atom stereocenters. The van der Waals surface area contributed by atoms with Crippen molar-refractivity contribution in [2.75, 3.05) is 13.7 Å². The molecule has 3 atom stereocenters. The van der Waals surface area contributed by atoms with Crippen molar-refractivity contribution in [2.24, 2.45) is 5.92 Å². The van der Waals surface area contributed by atoms with Crippen LogP contribution in [0, 0.1) is 11.7 Å². The molecule has 2 fully saturated rings. The maximum Gasteiger partial charge on any atom is 0.395 e. The maximum atomic E-state index is 14.5. The number of rotatable bonds is 6. The lowest BCUT2D eigenvalue weighted by Gasteiger charge is -2.32. The molecule has 29 heavy (non-hydrogen) atoms. The minimum Gasteiger partial charge on any atom is -0.481 e. The second-order valence-corrected chi connectivity index (χ2v) is 7.40. The fourth-order valence-corrected chi connectivity index (χ4v) is 3.85. The molecule has 6 nitrogen and oxygen atoms in total. The molecule has 2 heterocycles. The van der Waals surface area contributed by atoms with E-state index in [9.17, 15) is 22.4 Å². The van der Waals surface area contributed by atoms with Crippen molar-refractivity contribution in [3.05, 3.63) is 17.4 Å². The SMILES string of the molecule is COc1nc(OC2CCCCC2C(F)(F)F)c(F)cc1CNC(=O)C1CCCN1. The number of pyridine rings is 1. The fourth-order valence-electron chi connectivity index (χ4n) is 3.85. The number of halogens is 4. The van der Waals surface area contributed by atoms with Crippen molar-refractivity contribution in [3.8, 4) is 11.8 Å². The Morgan fingerprint density at radius 2 is 2.00 bits per heavy atom. The summed E-state index contributed by atoms with van der Waals surface area (Å²) >= 11 is 0. The number of amides is 1. The molecule has 1 aliphatic carbocycles. The van der Waals surface area contributed by atoms with E-state index in [1.165, 1.54) is 7.11 Å². The molecule has 1 saturated carbocycles. The molecule has 1 aliphatic heterocycles. The van der Waals surface area contributed by atoms with Crippen molar-refractivity contribution in [1.82, 2.24) is 15.6 Å². The highest BCUT2D eigenvalue weighted by Crippen LogP contribution is 2.40. The number of nitrogens with zero attached hydrogens (tertiary/aromatic N) is 1. The summed E-state index contributed by atoms with van der Waals surface area (Å²) in [6.07, 6.45) is -2.80. The summed E-state index contributed by atoms with van der Waals surface area (Å²) in [5.41, 5.74) is 0.278. The third-order valence-electron chi connectivity index (χ3n) is 5.39. The van der Waals surface area contributed by atoms with E-state index in [1.807, 2.05) is 0 Å². The van der Waals surface area contributed by atoms with Gasteiger partial charge in [-0.25, -0.2) is 4.39 Å². The van der Waals surface area contributed by atoms with Crippen molar-refractivity contribution < 1.29 is 31.8 Å². The second-order valence-electron chi connectivity index (χ2n) is 7.40. The van der Waals surface area contributed by atoms with Gasteiger partial charge in [0.15, 0.2) is 5.82 Å². The quantitative estimate of drug-likeness (QED) is 0.694. The molecule has 1 aromatic heterocycles. The van der Waals surface area contributed by atoms with Gasteiger partial charge in [-0.3, -0.25) is 4.79 Å². The van der Waals surface area contributed by atoms with Gasteiger partial charge in [-0.2, -0.15) is 18.2 Å². The Bertz CT molecular complexity index is 723. The maximum absolute atomic E-state index is 14.5. The summed E-state index contributed by atoms with van der Waals surface area (Å²) in [6, 6.07) is 0.793. The topological polar surface area (TPSA) is 72.5 Å². The van der Waals surface area contributed by atoms with E-state index < -0.39 is 29.9 Å². The van der Waals surface area contributed by atoms with Gasteiger partial charge in [-0.05, 0) is 44.7 Å². The molecule has 162 valence electrons. The van der Waals surface area contributed by atoms with Crippen LogP contribution in [-0.2, 0) is 11.3 Å². The largest absolute Gasteiger partial charge is 0.481 e. The van der Waals surface area contributed by atoms with E-state index in [0.717, 1.165) is 25.5 Å². The van der Waals surface area contributed by atoms with Crippen molar-refractivity contribution in [2.45, 2.75) is 63.4 Å². The van der Waals surface area contributed by atoms with Gasteiger partial charge in [0.05, 0.1) is 19.1 Å². The minimum atomic E-state index is -4.41. The predicted molar refractivity (Wildman–Crippen MR) is 96.0 cm³/mol. The number of carbonyl (C=O) groups excluding carboxylic acids is 1. The molecule has 10 heteroatoms. The van der Waals surface area contributed by atoms with Gasteiger partial charge in [-0.1, -0.05) is 6.42 Å². The van der Waals surface area contributed by atoms with Crippen LogP contribution in [0.1, 0.15) is 44.1 Å². The number of hydrogen-bond donors (Lipinski definition) is 2. The van der Waals surface area contributed by atoms with Gasteiger partial charge < -0.3 is 20.1 Å². The molecule has 2 N–H and O–H groups in total. The van der Waals surface area contributed by atoms with Gasteiger partial charge in [0.2, 0.25) is 11.8 Å². The van der Waals surface area contributed by atoms with Crippen LogP contribution >= 0.6 is 0 Å². The first kappa shape index (κ1) is 21.6. The number of ether oxygens (including phenoxy) is 2. The number of carbonyl (C=O) groups is 1. The predicted octanol–water partition coefficient (Wildman–Crippen LogP) is 3.10.